The fourth-order valence-corrected chi connectivity index (χ4v) is 5.63. The maximum atomic E-state index is 11.5. The first-order chi connectivity index (χ1) is 9.03. The number of hydrogen-bond acceptors (Lipinski definition) is 6. The van der Waals surface area contributed by atoms with E-state index in [0.717, 1.165) is 0 Å². The Kier molecular flexibility index (Phi) is 2.80. The molecule has 0 radical (unpaired) electrons. The Bertz CT molecular complexity index is 665. The van der Waals surface area contributed by atoms with Crippen LogP contribution in [0.3, 0.4) is 0 Å². The first kappa shape index (κ1) is 14.2. The Hall–Kier alpha value is -0.710. The maximum Gasteiger partial charge on any atom is 0.324 e. The topological polar surface area (TPSA) is 135 Å². The van der Waals surface area contributed by atoms with Crippen molar-refractivity contribution in [3.63, 3.8) is 0 Å². The first-order valence-electron chi connectivity index (χ1n) is 6.16. The molecule has 3 aliphatic rings. The monoisotopic (exact) mass is 326 g/mol. The zero-order valence-electron chi connectivity index (χ0n) is 10.3. The predicted molar refractivity (Wildman–Crippen MR) is 64.9 cm³/mol. The number of carbonyl (C=O) groups is 1. The second kappa shape index (κ2) is 3.93. The van der Waals surface area contributed by atoms with Gasteiger partial charge in [0.15, 0.2) is 5.75 Å². The van der Waals surface area contributed by atoms with Crippen LogP contribution in [0.1, 0.15) is 19.3 Å². The average molecular weight is 326 g/mol. The quantitative estimate of drug-likeness (QED) is 0.520. The van der Waals surface area contributed by atoms with Gasteiger partial charge in [-0.2, -0.15) is 16.8 Å². The van der Waals surface area contributed by atoms with Crippen LogP contribution in [0.4, 0.5) is 0 Å². The largest absolute Gasteiger partial charge is 0.458 e. The lowest BCUT2D eigenvalue weighted by Crippen LogP contribution is -2.36. The van der Waals surface area contributed by atoms with E-state index in [-0.39, 0.29) is 24.2 Å². The van der Waals surface area contributed by atoms with Crippen molar-refractivity contribution >= 4 is 26.2 Å². The van der Waals surface area contributed by atoms with E-state index in [2.05, 4.69) is 0 Å². The molecule has 3 aliphatic carbocycles. The minimum Gasteiger partial charge on any atom is -0.458 e. The van der Waals surface area contributed by atoms with Crippen LogP contribution in [-0.4, -0.2) is 48.5 Å². The van der Waals surface area contributed by atoms with Gasteiger partial charge >= 0.3 is 5.97 Å². The Morgan fingerprint density at radius 2 is 1.85 bits per heavy atom. The molecular formula is C10H14O8S2. The van der Waals surface area contributed by atoms with E-state index in [1.165, 1.54) is 0 Å². The SMILES string of the molecule is O=C(CS(=O)(=O)O)OC12CC1C1CC2CC1S(=O)(=O)O. The van der Waals surface area contributed by atoms with E-state index in [9.17, 15) is 21.6 Å². The van der Waals surface area contributed by atoms with Crippen molar-refractivity contribution in [1.82, 2.24) is 0 Å². The molecule has 0 amide bonds. The lowest BCUT2D eigenvalue weighted by Gasteiger charge is -2.26. The van der Waals surface area contributed by atoms with Crippen molar-refractivity contribution in [3.05, 3.63) is 0 Å². The second-order valence-corrected chi connectivity index (χ2v) is 8.94. The number of rotatable bonds is 4. The van der Waals surface area contributed by atoms with Crippen molar-refractivity contribution in [2.24, 2.45) is 17.8 Å². The number of ether oxygens (including phenoxy) is 1. The van der Waals surface area contributed by atoms with Gasteiger partial charge in [0.05, 0.1) is 5.25 Å². The van der Waals surface area contributed by atoms with Crippen molar-refractivity contribution < 1.29 is 35.5 Å². The summed E-state index contributed by atoms with van der Waals surface area (Å²) in [6.45, 7) is 0. The minimum absolute atomic E-state index is 0.140. The van der Waals surface area contributed by atoms with E-state index in [1.807, 2.05) is 0 Å². The fourth-order valence-electron chi connectivity index (χ4n) is 4.06. The van der Waals surface area contributed by atoms with E-state index < -0.39 is 42.8 Å². The average Bonchev–Trinajstić information content (AvgIpc) is 2.69. The molecule has 5 unspecified atom stereocenters. The molecule has 3 rings (SSSR count). The molecule has 0 saturated heterocycles. The zero-order chi connectivity index (χ0) is 14.9. The smallest absolute Gasteiger partial charge is 0.324 e. The summed E-state index contributed by atoms with van der Waals surface area (Å²) in [5.74, 6) is -2.67. The van der Waals surface area contributed by atoms with Crippen molar-refractivity contribution in [2.75, 3.05) is 5.75 Å². The van der Waals surface area contributed by atoms with Crippen LogP contribution in [0.25, 0.3) is 0 Å². The number of carbonyl (C=O) groups excluding carboxylic acids is 1. The maximum absolute atomic E-state index is 11.5. The summed E-state index contributed by atoms with van der Waals surface area (Å²) in [4.78, 5) is 11.5. The lowest BCUT2D eigenvalue weighted by molar-refractivity contribution is -0.151. The third-order valence-electron chi connectivity index (χ3n) is 4.75. The molecule has 20 heavy (non-hydrogen) atoms. The van der Waals surface area contributed by atoms with Crippen molar-refractivity contribution in [1.29, 1.82) is 0 Å². The number of esters is 1. The standard InChI is InChI=1S/C10H14O8S2/c11-9(4-19(12,13)14)18-10-3-7(10)6-1-5(10)2-8(6)20(15,16)17/h5-8H,1-4H2,(H,12,13,14)(H,15,16,17). The van der Waals surface area contributed by atoms with E-state index in [0.29, 0.717) is 12.8 Å². The molecule has 0 aromatic heterocycles. The minimum atomic E-state index is -4.43. The molecule has 10 heteroatoms. The normalized spacial score (nSPS) is 42.3. The molecular weight excluding hydrogens is 312 g/mol. The molecule has 3 fully saturated rings. The third kappa shape index (κ3) is 2.14. The summed E-state index contributed by atoms with van der Waals surface area (Å²) in [5, 5.41) is -0.812. The second-order valence-electron chi connectivity index (χ2n) is 5.85. The van der Waals surface area contributed by atoms with Gasteiger partial charge in [-0.25, -0.2) is 0 Å². The van der Waals surface area contributed by atoms with Crippen LogP contribution in [-0.2, 0) is 29.8 Å². The zero-order valence-corrected chi connectivity index (χ0v) is 11.9. The molecule has 8 nitrogen and oxygen atoms in total. The van der Waals surface area contributed by atoms with Crippen LogP contribution in [0.2, 0.25) is 0 Å². The fraction of sp³-hybridized carbons (Fsp3) is 0.900. The van der Waals surface area contributed by atoms with Gasteiger partial charge in [-0.1, -0.05) is 0 Å². The highest BCUT2D eigenvalue weighted by molar-refractivity contribution is 7.86. The third-order valence-corrected chi connectivity index (χ3v) is 6.66. The Labute approximate surface area is 116 Å². The summed E-state index contributed by atoms with van der Waals surface area (Å²) in [6, 6.07) is 0. The number of hydrogen-bond donors (Lipinski definition) is 2. The molecule has 0 aromatic rings. The van der Waals surface area contributed by atoms with E-state index >= 15 is 0 Å². The molecule has 0 spiro atoms. The Balaban J connectivity index is 1.71. The van der Waals surface area contributed by atoms with Gasteiger partial charge in [0.25, 0.3) is 20.2 Å². The first-order valence-corrected chi connectivity index (χ1v) is 9.27. The molecule has 2 N–H and O–H groups in total. The van der Waals surface area contributed by atoms with Crippen LogP contribution >= 0.6 is 0 Å². The van der Waals surface area contributed by atoms with Gasteiger partial charge < -0.3 is 4.74 Å². The number of fused-ring (bicyclic) bond motifs is 5. The molecule has 5 atom stereocenters. The summed E-state index contributed by atoms with van der Waals surface area (Å²) in [6.07, 6.45) is 1.26. The van der Waals surface area contributed by atoms with Gasteiger partial charge in [-0.05, 0) is 25.2 Å². The highest BCUT2D eigenvalue weighted by Crippen LogP contribution is 2.71. The van der Waals surface area contributed by atoms with Gasteiger partial charge in [0.1, 0.15) is 5.60 Å². The molecule has 0 heterocycles. The van der Waals surface area contributed by atoms with Gasteiger partial charge in [-0.3, -0.25) is 13.9 Å². The highest BCUT2D eigenvalue weighted by atomic mass is 32.2. The van der Waals surface area contributed by atoms with E-state index in [1.54, 1.807) is 0 Å². The van der Waals surface area contributed by atoms with Crippen molar-refractivity contribution in [3.8, 4) is 0 Å². The molecule has 3 saturated carbocycles. The van der Waals surface area contributed by atoms with Crippen LogP contribution in [0.15, 0.2) is 0 Å². The molecule has 2 bridgehead atoms. The van der Waals surface area contributed by atoms with Crippen LogP contribution in [0, 0.1) is 17.8 Å². The van der Waals surface area contributed by atoms with Gasteiger partial charge in [0, 0.05) is 11.8 Å². The highest BCUT2D eigenvalue weighted by Gasteiger charge is 2.76. The van der Waals surface area contributed by atoms with E-state index in [4.69, 9.17) is 13.8 Å². The van der Waals surface area contributed by atoms with Crippen LogP contribution in [0.5, 0.6) is 0 Å². The summed E-state index contributed by atoms with van der Waals surface area (Å²) < 4.78 is 66.6. The molecule has 0 aromatic carbocycles. The van der Waals surface area contributed by atoms with Gasteiger partial charge in [0.2, 0.25) is 0 Å². The summed E-state index contributed by atoms with van der Waals surface area (Å²) in [7, 11) is -8.53. The Morgan fingerprint density at radius 3 is 2.35 bits per heavy atom. The Morgan fingerprint density at radius 1 is 1.20 bits per heavy atom. The van der Waals surface area contributed by atoms with Crippen molar-refractivity contribution in [2.45, 2.75) is 30.1 Å². The molecule has 0 aliphatic heterocycles. The lowest BCUT2D eigenvalue weighted by atomic mass is 9.97. The summed E-state index contributed by atoms with van der Waals surface area (Å²) >= 11 is 0. The predicted octanol–water partition coefficient (Wildman–Crippen LogP) is -0.528. The summed E-state index contributed by atoms with van der Waals surface area (Å²) in [5.41, 5.74) is -0.784. The van der Waals surface area contributed by atoms with Gasteiger partial charge in [-0.15, -0.1) is 0 Å². The molecule has 114 valence electrons. The van der Waals surface area contributed by atoms with Crippen LogP contribution < -0.4 is 0 Å².